The van der Waals surface area contributed by atoms with Crippen molar-refractivity contribution in [3.63, 3.8) is 0 Å². The Morgan fingerprint density at radius 1 is 1.18 bits per heavy atom. The van der Waals surface area contributed by atoms with Gasteiger partial charge in [0.1, 0.15) is 0 Å². The first-order valence-corrected chi connectivity index (χ1v) is 6.27. The van der Waals surface area contributed by atoms with Crippen molar-refractivity contribution in [3.8, 4) is 0 Å². The summed E-state index contributed by atoms with van der Waals surface area (Å²) in [4.78, 5) is 24.8. The molecule has 2 unspecified atom stereocenters. The molecule has 2 fully saturated rings. The number of amides is 1. The fourth-order valence-electron chi connectivity index (χ4n) is 2.98. The van der Waals surface area contributed by atoms with Crippen LogP contribution in [0.25, 0.3) is 0 Å². The molecule has 0 aromatic rings. The normalized spacial score (nSPS) is 33.0. The van der Waals surface area contributed by atoms with Gasteiger partial charge in [-0.05, 0) is 32.1 Å². The van der Waals surface area contributed by atoms with E-state index >= 15 is 0 Å². The molecule has 1 aliphatic heterocycles. The fourth-order valence-corrected chi connectivity index (χ4v) is 2.98. The maximum atomic E-state index is 12.2. The van der Waals surface area contributed by atoms with Crippen molar-refractivity contribution in [1.29, 1.82) is 0 Å². The van der Waals surface area contributed by atoms with E-state index in [0.717, 1.165) is 12.8 Å². The van der Waals surface area contributed by atoms with E-state index in [1.807, 2.05) is 0 Å². The minimum absolute atomic E-state index is 0.0147. The number of aliphatic hydroxyl groups is 1. The third kappa shape index (κ3) is 2.44. The van der Waals surface area contributed by atoms with E-state index in [1.54, 1.807) is 4.90 Å². The Morgan fingerprint density at radius 3 is 2.47 bits per heavy atom. The van der Waals surface area contributed by atoms with Crippen LogP contribution in [0.4, 0.5) is 0 Å². The van der Waals surface area contributed by atoms with Crippen LogP contribution in [0.5, 0.6) is 0 Å². The summed E-state index contributed by atoms with van der Waals surface area (Å²) in [6.45, 7) is 0.721. The van der Waals surface area contributed by atoms with Gasteiger partial charge in [0.05, 0.1) is 18.6 Å². The molecule has 2 rings (SSSR count). The number of carbonyl (C=O) groups is 2. The van der Waals surface area contributed by atoms with E-state index in [0.29, 0.717) is 25.8 Å². The van der Waals surface area contributed by atoms with Crippen molar-refractivity contribution in [3.05, 3.63) is 0 Å². The van der Waals surface area contributed by atoms with Crippen LogP contribution in [0.15, 0.2) is 0 Å². The number of carbonyl (C=O) groups excluding carboxylic acids is 1. The SMILES string of the molecule is O=C(O)C1CCC(C(=O)N2CCC[C@H]2CO)C1. The third-order valence-corrected chi connectivity index (χ3v) is 4.00. The summed E-state index contributed by atoms with van der Waals surface area (Å²) < 4.78 is 0. The highest BCUT2D eigenvalue weighted by Crippen LogP contribution is 2.34. The monoisotopic (exact) mass is 241 g/mol. The van der Waals surface area contributed by atoms with Gasteiger partial charge >= 0.3 is 5.97 Å². The first-order valence-electron chi connectivity index (χ1n) is 6.27. The zero-order chi connectivity index (χ0) is 12.4. The predicted octanol–water partition coefficient (Wildman–Crippen LogP) is 0.471. The topological polar surface area (TPSA) is 77.8 Å². The third-order valence-electron chi connectivity index (χ3n) is 4.00. The lowest BCUT2D eigenvalue weighted by Crippen LogP contribution is -2.40. The van der Waals surface area contributed by atoms with E-state index < -0.39 is 5.97 Å². The van der Waals surface area contributed by atoms with E-state index in [1.165, 1.54) is 0 Å². The molecule has 2 N–H and O–H groups in total. The van der Waals surface area contributed by atoms with Crippen LogP contribution in [-0.4, -0.2) is 46.2 Å². The zero-order valence-corrected chi connectivity index (χ0v) is 9.84. The molecule has 1 aliphatic carbocycles. The Labute approximate surface area is 100 Å². The average molecular weight is 241 g/mol. The van der Waals surface area contributed by atoms with E-state index in [4.69, 9.17) is 5.11 Å². The molecule has 5 nitrogen and oxygen atoms in total. The standard InChI is InChI=1S/C12H19NO4/c14-7-10-2-1-5-13(10)11(15)8-3-4-9(6-8)12(16)17/h8-10,14H,1-7H2,(H,16,17)/t8?,9?,10-/m0/s1. The van der Waals surface area contributed by atoms with Gasteiger partial charge in [0.2, 0.25) is 5.91 Å². The maximum absolute atomic E-state index is 12.2. The molecule has 1 saturated carbocycles. The van der Waals surface area contributed by atoms with Crippen molar-refractivity contribution in [1.82, 2.24) is 4.90 Å². The molecule has 17 heavy (non-hydrogen) atoms. The van der Waals surface area contributed by atoms with Gasteiger partial charge in [-0.25, -0.2) is 0 Å². The number of nitrogens with zero attached hydrogens (tertiary/aromatic N) is 1. The van der Waals surface area contributed by atoms with Gasteiger partial charge in [-0.15, -0.1) is 0 Å². The number of carboxylic acids is 1. The van der Waals surface area contributed by atoms with Crippen LogP contribution in [0.1, 0.15) is 32.1 Å². The number of aliphatic carboxylic acids is 1. The van der Waals surface area contributed by atoms with Crippen LogP contribution in [0.2, 0.25) is 0 Å². The van der Waals surface area contributed by atoms with Crippen molar-refractivity contribution in [2.75, 3.05) is 13.2 Å². The maximum Gasteiger partial charge on any atom is 0.306 e. The second-order valence-corrected chi connectivity index (χ2v) is 5.06. The molecule has 96 valence electrons. The highest BCUT2D eigenvalue weighted by Gasteiger charge is 2.38. The second-order valence-electron chi connectivity index (χ2n) is 5.06. The van der Waals surface area contributed by atoms with Gasteiger partial charge in [-0.2, -0.15) is 0 Å². The lowest BCUT2D eigenvalue weighted by atomic mass is 10.0. The molecule has 1 amide bonds. The largest absolute Gasteiger partial charge is 0.481 e. The van der Waals surface area contributed by atoms with Gasteiger partial charge in [0.15, 0.2) is 0 Å². The number of carboxylic acid groups (broad SMARTS) is 1. The summed E-state index contributed by atoms with van der Waals surface area (Å²) in [5, 5.41) is 18.1. The quantitative estimate of drug-likeness (QED) is 0.753. The number of hydrogen-bond acceptors (Lipinski definition) is 3. The summed E-state index contributed by atoms with van der Waals surface area (Å²) in [6, 6.07) is -0.0496. The highest BCUT2D eigenvalue weighted by molar-refractivity contribution is 5.81. The fraction of sp³-hybridized carbons (Fsp3) is 0.833. The summed E-state index contributed by atoms with van der Waals surface area (Å²) in [7, 11) is 0. The van der Waals surface area contributed by atoms with Crippen LogP contribution >= 0.6 is 0 Å². The molecular formula is C12H19NO4. The van der Waals surface area contributed by atoms with Crippen LogP contribution in [-0.2, 0) is 9.59 Å². The zero-order valence-electron chi connectivity index (χ0n) is 9.84. The number of hydrogen-bond donors (Lipinski definition) is 2. The van der Waals surface area contributed by atoms with E-state index in [-0.39, 0.29) is 30.4 Å². The Balaban J connectivity index is 1.95. The summed E-state index contributed by atoms with van der Waals surface area (Å²) >= 11 is 0. The minimum Gasteiger partial charge on any atom is -0.481 e. The first kappa shape index (κ1) is 12.4. The second kappa shape index (κ2) is 5.04. The smallest absolute Gasteiger partial charge is 0.306 e. The molecule has 2 aliphatic rings. The predicted molar refractivity (Wildman–Crippen MR) is 60.3 cm³/mol. The molecule has 0 aromatic heterocycles. The van der Waals surface area contributed by atoms with Gasteiger partial charge in [-0.1, -0.05) is 0 Å². The molecule has 5 heteroatoms. The first-order chi connectivity index (χ1) is 8.13. The lowest BCUT2D eigenvalue weighted by molar-refractivity contribution is -0.141. The van der Waals surface area contributed by atoms with Gasteiger partial charge in [-0.3, -0.25) is 9.59 Å². The summed E-state index contributed by atoms with van der Waals surface area (Å²) in [5.74, 6) is -1.26. The van der Waals surface area contributed by atoms with Crippen molar-refractivity contribution in [2.24, 2.45) is 11.8 Å². The average Bonchev–Trinajstić information content (AvgIpc) is 2.96. The van der Waals surface area contributed by atoms with Crippen LogP contribution in [0.3, 0.4) is 0 Å². The summed E-state index contributed by atoms with van der Waals surface area (Å²) in [5.41, 5.74) is 0. The van der Waals surface area contributed by atoms with Crippen LogP contribution in [0, 0.1) is 11.8 Å². The van der Waals surface area contributed by atoms with Crippen LogP contribution < -0.4 is 0 Å². The minimum atomic E-state index is -0.791. The number of aliphatic hydroxyl groups excluding tert-OH is 1. The van der Waals surface area contributed by atoms with E-state index in [9.17, 15) is 14.7 Å². The molecule has 0 radical (unpaired) electrons. The van der Waals surface area contributed by atoms with Crippen molar-refractivity contribution < 1.29 is 19.8 Å². The molecule has 1 heterocycles. The Bertz CT molecular complexity index is 318. The Morgan fingerprint density at radius 2 is 1.88 bits per heavy atom. The van der Waals surface area contributed by atoms with E-state index in [2.05, 4.69) is 0 Å². The molecular weight excluding hydrogens is 222 g/mol. The Kier molecular flexibility index (Phi) is 3.66. The molecule has 0 spiro atoms. The van der Waals surface area contributed by atoms with Gasteiger partial charge in [0, 0.05) is 12.5 Å². The molecule has 0 aromatic carbocycles. The molecule has 3 atom stereocenters. The number of rotatable bonds is 3. The molecule has 0 bridgehead atoms. The summed E-state index contributed by atoms with van der Waals surface area (Å²) in [6.07, 6.45) is 3.53. The highest BCUT2D eigenvalue weighted by atomic mass is 16.4. The van der Waals surface area contributed by atoms with Gasteiger partial charge < -0.3 is 15.1 Å². The Hall–Kier alpha value is -1.10. The lowest BCUT2D eigenvalue weighted by Gasteiger charge is -2.26. The van der Waals surface area contributed by atoms with Crippen molar-refractivity contribution >= 4 is 11.9 Å². The van der Waals surface area contributed by atoms with Crippen molar-refractivity contribution in [2.45, 2.75) is 38.1 Å². The van der Waals surface area contributed by atoms with Gasteiger partial charge in [0.25, 0.3) is 0 Å². The number of likely N-dealkylation sites (tertiary alicyclic amines) is 1. The molecule has 1 saturated heterocycles.